The topological polar surface area (TPSA) is 132 Å². The lowest BCUT2D eigenvalue weighted by Gasteiger charge is -2.58. The van der Waals surface area contributed by atoms with Gasteiger partial charge in [-0.3, -0.25) is 20.1 Å². The van der Waals surface area contributed by atoms with Crippen molar-refractivity contribution in [3.63, 3.8) is 0 Å². The molecule has 182 valence electrons. The summed E-state index contributed by atoms with van der Waals surface area (Å²) in [5, 5.41) is 9.59. The van der Waals surface area contributed by atoms with E-state index in [1.165, 1.54) is 25.7 Å². The Bertz CT molecular complexity index is 1350. The van der Waals surface area contributed by atoms with Gasteiger partial charge in [0.2, 0.25) is 11.5 Å². The lowest BCUT2D eigenvalue weighted by Crippen LogP contribution is -2.77. The minimum absolute atomic E-state index is 0.00408. The molecule has 0 bridgehead atoms. The lowest BCUT2D eigenvalue weighted by molar-refractivity contribution is -0.159. The Balaban J connectivity index is 1.60. The van der Waals surface area contributed by atoms with Crippen molar-refractivity contribution < 1.29 is 28.0 Å². The standard InChI is InChI=1S/C23H23FN6O5/c1-10-9-30-17-12(6-13-16(14-8-25-4-5-26-14)29-35-18(13)15(17)24)7-23(19(30)11(2)34-10)20(31)27-22(32)28-21(23)33-3/h4-6,8,10-11,19,21H,7,9H2,1-3H3,(H2,27,28,31,32)/t10-,11-,19+,21?,23-/m1/s1. The summed E-state index contributed by atoms with van der Waals surface area (Å²) in [7, 11) is 1.43. The third-order valence-electron chi connectivity index (χ3n) is 7.16. The maximum Gasteiger partial charge on any atom is 0.323 e. The van der Waals surface area contributed by atoms with E-state index in [0.717, 1.165) is 0 Å². The van der Waals surface area contributed by atoms with Crippen LogP contribution in [-0.2, 0) is 20.7 Å². The molecule has 0 saturated carbocycles. The Kier molecular flexibility index (Phi) is 4.80. The van der Waals surface area contributed by atoms with Gasteiger partial charge in [0.05, 0.1) is 35.5 Å². The zero-order chi connectivity index (χ0) is 24.5. The van der Waals surface area contributed by atoms with Gasteiger partial charge in [0, 0.05) is 26.0 Å². The summed E-state index contributed by atoms with van der Waals surface area (Å²) in [5.41, 5.74) is 0.389. The van der Waals surface area contributed by atoms with Crippen molar-refractivity contribution >= 4 is 28.6 Å². The Morgan fingerprint density at radius 1 is 1.29 bits per heavy atom. The van der Waals surface area contributed by atoms with Crippen LogP contribution in [0.5, 0.6) is 0 Å². The first kappa shape index (κ1) is 21.9. The first-order chi connectivity index (χ1) is 16.8. The maximum atomic E-state index is 16.1. The fourth-order valence-corrected chi connectivity index (χ4v) is 5.96. The molecule has 5 atom stereocenters. The van der Waals surface area contributed by atoms with Crippen LogP contribution in [0.2, 0.25) is 0 Å². The summed E-state index contributed by atoms with van der Waals surface area (Å²) in [6.45, 7) is 4.06. The van der Waals surface area contributed by atoms with Gasteiger partial charge in [0.1, 0.15) is 23.0 Å². The number of ether oxygens (including phenoxy) is 2. The number of imide groups is 1. The summed E-state index contributed by atoms with van der Waals surface area (Å²) in [5.74, 6) is -1.07. The van der Waals surface area contributed by atoms with Crippen LogP contribution in [0, 0.1) is 11.2 Å². The molecule has 3 amide bonds. The van der Waals surface area contributed by atoms with Gasteiger partial charge >= 0.3 is 6.03 Å². The van der Waals surface area contributed by atoms with Crippen LogP contribution in [0.4, 0.5) is 14.9 Å². The highest BCUT2D eigenvalue weighted by atomic mass is 19.1. The van der Waals surface area contributed by atoms with Gasteiger partial charge in [-0.15, -0.1) is 0 Å². The minimum atomic E-state index is -1.28. The number of carbonyl (C=O) groups is 2. The number of methoxy groups -OCH3 is 1. The number of aromatic nitrogens is 3. The van der Waals surface area contributed by atoms with E-state index >= 15 is 4.39 Å². The largest absolute Gasteiger partial charge is 0.372 e. The van der Waals surface area contributed by atoms with Gasteiger partial charge in [-0.25, -0.2) is 9.18 Å². The van der Waals surface area contributed by atoms with Gasteiger partial charge in [-0.05, 0) is 31.9 Å². The molecule has 3 aromatic rings. The number of nitrogens with zero attached hydrogens (tertiary/aromatic N) is 4. The number of morpholine rings is 1. The fourth-order valence-electron chi connectivity index (χ4n) is 5.96. The van der Waals surface area contributed by atoms with Crippen LogP contribution in [0.3, 0.4) is 0 Å². The van der Waals surface area contributed by atoms with Crippen LogP contribution in [0.1, 0.15) is 19.4 Å². The van der Waals surface area contributed by atoms with Crippen molar-refractivity contribution in [2.75, 3.05) is 18.6 Å². The number of hydrogen-bond donors (Lipinski definition) is 2. The molecule has 35 heavy (non-hydrogen) atoms. The van der Waals surface area contributed by atoms with Crippen molar-refractivity contribution in [3.05, 3.63) is 36.0 Å². The van der Waals surface area contributed by atoms with E-state index in [1.54, 1.807) is 6.07 Å². The van der Waals surface area contributed by atoms with Crippen LogP contribution in [0.15, 0.2) is 29.2 Å². The van der Waals surface area contributed by atoms with Gasteiger partial charge in [0.15, 0.2) is 5.82 Å². The van der Waals surface area contributed by atoms with Gasteiger partial charge < -0.3 is 24.2 Å². The normalized spacial score (nSPS) is 30.1. The molecule has 2 N–H and O–H groups in total. The number of fused-ring (bicyclic) bond motifs is 5. The molecule has 11 nitrogen and oxygen atoms in total. The maximum absolute atomic E-state index is 16.1. The van der Waals surface area contributed by atoms with E-state index in [4.69, 9.17) is 14.0 Å². The van der Waals surface area contributed by atoms with Gasteiger partial charge in [0.25, 0.3) is 0 Å². The molecule has 0 radical (unpaired) electrons. The Hall–Kier alpha value is -3.64. The molecule has 3 aliphatic heterocycles. The number of nitrogens with one attached hydrogen (secondary N) is 2. The van der Waals surface area contributed by atoms with E-state index in [9.17, 15) is 9.59 Å². The molecular formula is C23H23FN6O5. The zero-order valence-corrected chi connectivity index (χ0v) is 19.2. The Morgan fingerprint density at radius 3 is 2.86 bits per heavy atom. The third-order valence-corrected chi connectivity index (χ3v) is 7.16. The number of amides is 3. The summed E-state index contributed by atoms with van der Waals surface area (Å²) in [4.78, 5) is 35.9. The molecule has 2 saturated heterocycles. The van der Waals surface area contributed by atoms with Crippen LogP contribution < -0.4 is 15.5 Å². The second kappa shape index (κ2) is 7.68. The molecule has 6 rings (SSSR count). The van der Waals surface area contributed by atoms with E-state index in [-0.39, 0.29) is 18.1 Å². The molecule has 0 aliphatic carbocycles. The van der Waals surface area contributed by atoms with Crippen molar-refractivity contribution in [2.24, 2.45) is 5.41 Å². The molecule has 2 fully saturated rings. The van der Waals surface area contributed by atoms with Gasteiger partial charge in [-0.2, -0.15) is 0 Å². The van der Waals surface area contributed by atoms with Crippen molar-refractivity contribution in [1.82, 2.24) is 25.8 Å². The SMILES string of the molecule is COC1NC(=O)NC(=O)[C@]12Cc1cc3c(-c4cnccn4)noc3c(F)c1N1C[C@@H](C)O[C@H](C)[C@H]12. The summed E-state index contributed by atoms with van der Waals surface area (Å²) in [6, 6.07) is 0.507. The van der Waals surface area contributed by atoms with E-state index < -0.39 is 41.5 Å². The quantitative estimate of drug-likeness (QED) is 0.561. The van der Waals surface area contributed by atoms with Crippen LogP contribution >= 0.6 is 0 Å². The lowest BCUT2D eigenvalue weighted by atomic mass is 9.65. The van der Waals surface area contributed by atoms with Gasteiger partial charge in [-0.1, -0.05) is 5.16 Å². The molecule has 1 aromatic carbocycles. The molecule has 5 heterocycles. The minimum Gasteiger partial charge on any atom is -0.372 e. The average molecular weight is 482 g/mol. The van der Waals surface area contributed by atoms with Crippen LogP contribution in [-0.4, -0.2) is 65.2 Å². The second-order valence-electron chi connectivity index (χ2n) is 9.21. The van der Waals surface area contributed by atoms with E-state index in [0.29, 0.717) is 34.6 Å². The predicted molar refractivity (Wildman–Crippen MR) is 120 cm³/mol. The highest BCUT2D eigenvalue weighted by molar-refractivity contribution is 6.02. The number of anilines is 1. The number of hydrogen-bond acceptors (Lipinski definition) is 9. The van der Waals surface area contributed by atoms with Crippen molar-refractivity contribution in [3.8, 4) is 11.4 Å². The highest BCUT2D eigenvalue weighted by Crippen LogP contribution is 2.51. The van der Waals surface area contributed by atoms with Crippen LogP contribution in [0.25, 0.3) is 22.4 Å². The summed E-state index contributed by atoms with van der Waals surface area (Å²) >= 11 is 0. The van der Waals surface area contributed by atoms with Crippen molar-refractivity contribution in [1.29, 1.82) is 0 Å². The summed E-state index contributed by atoms with van der Waals surface area (Å²) in [6.07, 6.45) is 3.00. The average Bonchev–Trinajstić information content (AvgIpc) is 3.25. The van der Waals surface area contributed by atoms with Crippen molar-refractivity contribution in [2.45, 2.75) is 44.7 Å². The monoisotopic (exact) mass is 482 g/mol. The molecule has 12 heteroatoms. The smallest absolute Gasteiger partial charge is 0.323 e. The number of benzene rings is 1. The van der Waals surface area contributed by atoms with E-state index in [2.05, 4.69) is 25.8 Å². The fraction of sp³-hybridized carbons (Fsp3) is 0.435. The number of urea groups is 1. The number of rotatable bonds is 2. The highest BCUT2D eigenvalue weighted by Gasteiger charge is 2.63. The Labute approximate surface area is 199 Å². The third kappa shape index (κ3) is 2.99. The zero-order valence-electron chi connectivity index (χ0n) is 19.2. The first-order valence-electron chi connectivity index (χ1n) is 11.3. The number of halogens is 1. The second-order valence-corrected chi connectivity index (χ2v) is 9.21. The summed E-state index contributed by atoms with van der Waals surface area (Å²) < 4.78 is 33.3. The molecule has 1 unspecified atom stereocenters. The number of carbonyl (C=O) groups excluding carboxylic acids is 2. The van der Waals surface area contributed by atoms with E-state index in [1.807, 2.05) is 18.7 Å². The first-order valence-corrected chi connectivity index (χ1v) is 11.3. The molecule has 1 spiro atoms. The molecular weight excluding hydrogens is 459 g/mol. The Morgan fingerprint density at radius 2 is 2.11 bits per heavy atom. The molecule has 3 aliphatic rings. The molecule has 2 aromatic heterocycles. The predicted octanol–water partition coefficient (Wildman–Crippen LogP) is 1.76.